The summed E-state index contributed by atoms with van der Waals surface area (Å²) in [5.74, 6) is 0.688. The summed E-state index contributed by atoms with van der Waals surface area (Å²) >= 11 is 0. The van der Waals surface area contributed by atoms with Crippen LogP contribution in [0, 0.1) is 16.9 Å². The molecule has 7 nitrogen and oxygen atoms in total. The Morgan fingerprint density at radius 2 is 2.12 bits per heavy atom. The van der Waals surface area contributed by atoms with Crippen LogP contribution in [0.3, 0.4) is 0 Å². The molecule has 0 saturated heterocycles. The second-order valence-electron chi connectivity index (χ2n) is 5.05. The second-order valence-corrected chi connectivity index (χ2v) is 5.05. The highest BCUT2D eigenvalue weighted by Crippen LogP contribution is 2.33. The van der Waals surface area contributed by atoms with Crippen LogP contribution in [0.4, 0.5) is 22.7 Å². The summed E-state index contributed by atoms with van der Waals surface area (Å²) in [4.78, 5) is 4.30. The third kappa shape index (κ3) is 2.68. The smallest absolute Gasteiger partial charge is 0.121 e. The van der Waals surface area contributed by atoms with Gasteiger partial charge in [0.25, 0.3) is 0 Å². The number of nitriles is 1. The first-order valence-corrected chi connectivity index (χ1v) is 7.07. The highest BCUT2D eigenvalue weighted by Gasteiger charge is 2.11. The van der Waals surface area contributed by atoms with Crippen molar-refractivity contribution < 1.29 is 4.74 Å². The Labute approximate surface area is 138 Å². The molecule has 4 N–H and O–H groups in total. The Balaban J connectivity index is 2.14. The predicted molar refractivity (Wildman–Crippen MR) is 92.0 cm³/mol. The van der Waals surface area contributed by atoms with E-state index in [9.17, 15) is 5.26 Å². The third-order valence-electron chi connectivity index (χ3n) is 3.62. The first kappa shape index (κ1) is 15.2. The molecule has 0 fully saturated rings. The van der Waals surface area contributed by atoms with Gasteiger partial charge in [0, 0.05) is 23.3 Å². The number of ether oxygens (including phenoxy) is 1. The van der Waals surface area contributed by atoms with Crippen molar-refractivity contribution in [3.8, 4) is 11.8 Å². The molecule has 3 aromatic rings. The summed E-state index contributed by atoms with van der Waals surface area (Å²) in [6, 6.07) is 12.7. The van der Waals surface area contributed by atoms with Gasteiger partial charge in [-0.05, 0) is 30.3 Å². The van der Waals surface area contributed by atoms with Crippen LogP contribution in [0.5, 0.6) is 5.75 Å². The standard InChI is InChI=1S/C17H14N6O/c1-24-12-3-4-13-15(7-12)21-9-10(8-18)17(13)22-11-2-5-14(19)16(6-11)23-20/h2-7,9,20H,19H2,1H3,(H,21,22). The van der Waals surface area contributed by atoms with Crippen molar-refractivity contribution in [2.75, 3.05) is 18.2 Å². The minimum atomic E-state index is 0.360. The average Bonchev–Trinajstić information content (AvgIpc) is 2.62. The van der Waals surface area contributed by atoms with Crippen molar-refractivity contribution in [3.05, 3.63) is 48.2 Å². The van der Waals surface area contributed by atoms with E-state index in [-0.39, 0.29) is 0 Å². The average molecular weight is 318 g/mol. The molecule has 24 heavy (non-hydrogen) atoms. The minimum Gasteiger partial charge on any atom is -0.497 e. The van der Waals surface area contributed by atoms with E-state index < -0.39 is 0 Å². The highest BCUT2D eigenvalue weighted by molar-refractivity contribution is 5.96. The maximum absolute atomic E-state index is 9.38. The zero-order valence-electron chi connectivity index (χ0n) is 12.9. The fourth-order valence-electron chi connectivity index (χ4n) is 2.38. The Hall–Kier alpha value is -3.66. The molecule has 0 atom stereocenters. The van der Waals surface area contributed by atoms with Gasteiger partial charge in [-0.1, -0.05) is 0 Å². The lowest BCUT2D eigenvalue weighted by Gasteiger charge is -2.13. The van der Waals surface area contributed by atoms with E-state index in [0.717, 1.165) is 5.39 Å². The van der Waals surface area contributed by atoms with Crippen LogP contribution in [0.15, 0.2) is 47.7 Å². The first-order valence-electron chi connectivity index (χ1n) is 7.07. The molecule has 0 amide bonds. The summed E-state index contributed by atoms with van der Waals surface area (Å²) in [7, 11) is 1.59. The molecule has 0 aliphatic rings. The van der Waals surface area contributed by atoms with Crippen molar-refractivity contribution in [2.45, 2.75) is 0 Å². The normalized spacial score (nSPS) is 10.2. The number of hydrogen-bond donors (Lipinski definition) is 3. The van der Waals surface area contributed by atoms with E-state index in [4.69, 9.17) is 16.0 Å². The number of pyridine rings is 1. The quantitative estimate of drug-likeness (QED) is 0.494. The Bertz CT molecular complexity index is 977. The number of hydrogen-bond acceptors (Lipinski definition) is 7. The molecule has 0 aliphatic carbocycles. The van der Waals surface area contributed by atoms with Gasteiger partial charge in [-0.25, -0.2) is 5.53 Å². The second kappa shape index (κ2) is 6.22. The fourth-order valence-corrected chi connectivity index (χ4v) is 2.38. The van der Waals surface area contributed by atoms with Crippen molar-refractivity contribution in [1.82, 2.24) is 4.98 Å². The number of nitrogens with two attached hydrogens (primary N) is 1. The van der Waals surface area contributed by atoms with Gasteiger partial charge in [0.2, 0.25) is 0 Å². The number of nitrogen functional groups attached to an aromatic ring is 1. The summed E-state index contributed by atoms with van der Waals surface area (Å²) < 4.78 is 5.21. The molecular formula is C17H14N6O. The largest absolute Gasteiger partial charge is 0.497 e. The van der Waals surface area contributed by atoms with Gasteiger partial charge >= 0.3 is 0 Å². The van der Waals surface area contributed by atoms with Crippen LogP contribution in [0.25, 0.3) is 10.9 Å². The van der Waals surface area contributed by atoms with Crippen LogP contribution >= 0.6 is 0 Å². The van der Waals surface area contributed by atoms with E-state index in [1.165, 1.54) is 6.20 Å². The monoisotopic (exact) mass is 318 g/mol. The Morgan fingerprint density at radius 3 is 2.83 bits per heavy atom. The summed E-state index contributed by atoms with van der Waals surface area (Å²) in [5.41, 5.74) is 16.1. The number of aromatic nitrogens is 1. The predicted octanol–water partition coefficient (Wildman–Crippen LogP) is 4.10. The van der Waals surface area contributed by atoms with Gasteiger partial charge in [0.15, 0.2) is 0 Å². The van der Waals surface area contributed by atoms with Gasteiger partial charge in [-0.2, -0.15) is 10.4 Å². The Morgan fingerprint density at radius 1 is 1.29 bits per heavy atom. The number of fused-ring (bicyclic) bond motifs is 1. The lowest BCUT2D eigenvalue weighted by atomic mass is 10.1. The summed E-state index contributed by atoms with van der Waals surface area (Å²) in [6.07, 6.45) is 1.51. The van der Waals surface area contributed by atoms with Gasteiger partial charge < -0.3 is 15.8 Å². The first-order chi connectivity index (χ1) is 11.7. The number of methoxy groups -OCH3 is 1. The fraction of sp³-hybridized carbons (Fsp3) is 0.0588. The number of rotatable bonds is 4. The van der Waals surface area contributed by atoms with Crippen molar-refractivity contribution >= 4 is 33.7 Å². The van der Waals surface area contributed by atoms with Gasteiger partial charge in [-0.15, -0.1) is 0 Å². The molecule has 0 radical (unpaired) electrons. The maximum Gasteiger partial charge on any atom is 0.121 e. The highest BCUT2D eigenvalue weighted by atomic mass is 16.5. The summed E-state index contributed by atoms with van der Waals surface area (Å²) in [6.45, 7) is 0. The molecule has 3 rings (SSSR count). The van der Waals surface area contributed by atoms with Crippen LogP contribution in [-0.4, -0.2) is 12.1 Å². The van der Waals surface area contributed by atoms with Crippen molar-refractivity contribution in [3.63, 3.8) is 0 Å². The molecule has 1 heterocycles. The van der Waals surface area contributed by atoms with E-state index in [1.807, 2.05) is 12.1 Å². The molecule has 7 heteroatoms. The van der Waals surface area contributed by atoms with Gasteiger partial charge in [0.05, 0.1) is 29.6 Å². The summed E-state index contributed by atoms with van der Waals surface area (Å²) in [5, 5.41) is 16.8. The maximum atomic E-state index is 9.38. The molecule has 2 aromatic carbocycles. The van der Waals surface area contributed by atoms with E-state index >= 15 is 0 Å². The molecule has 1 aromatic heterocycles. The molecule has 0 aliphatic heterocycles. The Kier molecular flexibility index (Phi) is 3.95. The SMILES string of the molecule is COc1ccc2c(Nc3ccc(N)c(N=N)c3)c(C#N)cnc2c1. The van der Waals surface area contributed by atoms with Gasteiger partial charge in [-0.3, -0.25) is 4.98 Å². The van der Waals surface area contributed by atoms with Crippen LogP contribution in [0.1, 0.15) is 5.56 Å². The zero-order valence-corrected chi connectivity index (χ0v) is 12.9. The molecule has 118 valence electrons. The lowest BCUT2D eigenvalue weighted by molar-refractivity contribution is 0.415. The van der Waals surface area contributed by atoms with Crippen LogP contribution in [-0.2, 0) is 0 Å². The number of benzene rings is 2. The van der Waals surface area contributed by atoms with Crippen molar-refractivity contribution in [2.24, 2.45) is 5.11 Å². The lowest BCUT2D eigenvalue weighted by Crippen LogP contribution is -1.97. The molecule has 0 spiro atoms. The molecule has 0 unspecified atom stereocenters. The molecular weight excluding hydrogens is 304 g/mol. The van der Waals surface area contributed by atoms with E-state index in [2.05, 4.69) is 21.5 Å². The van der Waals surface area contributed by atoms with Crippen molar-refractivity contribution in [1.29, 1.82) is 10.8 Å². The third-order valence-corrected chi connectivity index (χ3v) is 3.62. The number of anilines is 3. The zero-order chi connectivity index (χ0) is 17.1. The van der Waals surface area contributed by atoms with Crippen LogP contribution < -0.4 is 15.8 Å². The topological polar surface area (TPSA) is 120 Å². The minimum absolute atomic E-state index is 0.360. The molecule has 0 bridgehead atoms. The van der Waals surface area contributed by atoms with E-state index in [1.54, 1.807) is 31.4 Å². The van der Waals surface area contributed by atoms with Gasteiger partial charge in [0.1, 0.15) is 17.5 Å². The number of nitrogens with one attached hydrogen (secondary N) is 2. The molecule has 0 saturated carbocycles. The van der Waals surface area contributed by atoms with E-state index in [0.29, 0.717) is 39.6 Å². The van der Waals surface area contributed by atoms with Crippen LogP contribution in [0.2, 0.25) is 0 Å². The number of nitrogens with zero attached hydrogens (tertiary/aromatic N) is 3.